The van der Waals surface area contributed by atoms with Gasteiger partial charge in [0.2, 0.25) is 0 Å². The van der Waals surface area contributed by atoms with E-state index in [0.717, 1.165) is 17.7 Å². The predicted octanol–water partition coefficient (Wildman–Crippen LogP) is 5.49. The molecule has 0 saturated carbocycles. The molecule has 1 heterocycles. The van der Waals surface area contributed by atoms with Crippen LogP contribution in [0, 0.1) is 0 Å². The smallest absolute Gasteiger partial charge is 0.295 e. The van der Waals surface area contributed by atoms with E-state index in [-0.39, 0.29) is 16.4 Å². The maximum Gasteiger partial charge on any atom is 0.295 e. The number of amides is 1. The van der Waals surface area contributed by atoms with Gasteiger partial charge in [0.1, 0.15) is 5.76 Å². The summed E-state index contributed by atoms with van der Waals surface area (Å²) in [7, 11) is 3.92. The predicted molar refractivity (Wildman–Crippen MR) is 129 cm³/mol. The summed E-state index contributed by atoms with van der Waals surface area (Å²) in [5.74, 6) is -1.21. The lowest BCUT2D eigenvalue weighted by molar-refractivity contribution is -0.139. The summed E-state index contributed by atoms with van der Waals surface area (Å²) >= 11 is 12.1. The lowest BCUT2D eigenvalue weighted by Gasteiger charge is -2.26. The Kier molecular flexibility index (Phi) is 7.65. The van der Waals surface area contributed by atoms with Crippen molar-refractivity contribution in [3.05, 3.63) is 74.8 Å². The maximum atomic E-state index is 13.1. The third kappa shape index (κ3) is 5.01. The van der Waals surface area contributed by atoms with Gasteiger partial charge in [-0.1, -0.05) is 61.3 Å². The molecule has 1 N–H and O–H groups in total. The Morgan fingerprint density at radius 1 is 1.06 bits per heavy atom. The number of carbonyl (C=O) groups excluding carboxylic acids is 2. The highest BCUT2D eigenvalue weighted by Crippen LogP contribution is 2.40. The van der Waals surface area contributed by atoms with Crippen molar-refractivity contribution >= 4 is 40.7 Å². The van der Waals surface area contributed by atoms with Gasteiger partial charge in [0.15, 0.2) is 0 Å². The number of benzene rings is 2. The van der Waals surface area contributed by atoms with Crippen molar-refractivity contribution in [2.24, 2.45) is 0 Å². The minimum atomic E-state index is -0.698. The van der Waals surface area contributed by atoms with Crippen LogP contribution >= 0.6 is 23.2 Å². The first-order chi connectivity index (χ1) is 15.1. The number of ketones is 1. The summed E-state index contributed by atoms with van der Waals surface area (Å²) in [6.45, 7) is 5.38. The summed E-state index contributed by atoms with van der Waals surface area (Å²) in [5, 5.41) is 11.7. The number of nitrogens with zero attached hydrogens (tertiary/aromatic N) is 2. The van der Waals surface area contributed by atoms with Crippen LogP contribution in [-0.2, 0) is 9.59 Å². The molecule has 7 heteroatoms. The maximum absolute atomic E-state index is 13.1. The van der Waals surface area contributed by atoms with Gasteiger partial charge in [-0.25, -0.2) is 0 Å². The first kappa shape index (κ1) is 24.3. The molecule has 1 fully saturated rings. The first-order valence-electron chi connectivity index (χ1n) is 10.6. The number of hydrogen-bond acceptors (Lipinski definition) is 4. The third-order valence-electron chi connectivity index (χ3n) is 5.66. The van der Waals surface area contributed by atoms with E-state index in [1.807, 2.05) is 43.3 Å². The first-order valence-corrected chi connectivity index (χ1v) is 11.4. The molecule has 5 nitrogen and oxygen atoms in total. The molecule has 1 unspecified atom stereocenters. The zero-order chi connectivity index (χ0) is 23.6. The van der Waals surface area contributed by atoms with Crippen molar-refractivity contribution in [3.8, 4) is 0 Å². The minimum absolute atomic E-state index is 0.0653. The highest BCUT2D eigenvalue weighted by molar-refractivity contribution is 6.46. The molecular weight excluding hydrogens is 447 g/mol. The van der Waals surface area contributed by atoms with E-state index in [4.69, 9.17) is 23.2 Å². The fourth-order valence-corrected chi connectivity index (χ4v) is 4.17. The Balaban J connectivity index is 2.10. The summed E-state index contributed by atoms with van der Waals surface area (Å²) in [4.78, 5) is 29.6. The van der Waals surface area contributed by atoms with Gasteiger partial charge >= 0.3 is 0 Å². The fraction of sp³-hybridized carbons (Fsp3) is 0.360. The number of hydrogen-bond donors (Lipinski definition) is 1. The van der Waals surface area contributed by atoms with Gasteiger partial charge in [-0.05, 0) is 62.3 Å². The average Bonchev–Trinajstić information content (AvgIpc) is 3.00. The van der Waals surface area contributed by atoms with Gasteiger partial charge in [0.05, 0.1) is 21.7 Å². The molecule has 32 heavy (non-hydrogen) atoms. The van der Waals surface area contributed by atoms with Crippen LogP contribution in [0.4, 0.5) is 0 Å². The molecule has 1 saturated heterocycles. The molecule has 0 radical (unpaired) electrons. The number of rotatable bonds is 7. The second-order valence-electron chi connectivity index (χ2n) is 8.60. The van der Waals surface area contributed by atoms with Gasteiger partial charge in [0, 0.05) is 12.1 Å². The van der Waals surface area contributed by atoms with Crippen LogP contribution in [0.1, 0.15) is 48.9 Å². The summed E-state index contributed by atoms with van der Waals surface area (Å²) in [5.41, 5.74) is 2.34. The molecule has 1 amide bonds. The van der Waals surface area contributed by atoms with E-state index in [1.165, 1.54) is 6.07 Å². The molecule has 0 bridgehead atoms. The van der Waals surface area contributed by atoms with E-state index in [1.54, 1.807) is 17.0 Å². The Bertz CT molecular complexity index is 1050. The molecule has 170 valence electrons. The number of carbonyl (C=O) groups is 2. The SMILES string of the molecule is CC(C)c1ccc(C2/C(=C(/O)c3ccc(Cl)c(Cl)c3)C(=O)C(=O)N2CCCN(C)C)cc1. The van der Waals surface area contributed by atoms with E-state index in [0.29, 0.717) is 29.5 Å². The van der Waals surface area contributed by atoms with E-state index in [9.17, 15) is 14.7 Å². The van der Waals surface area contributed by atoms with Gasteiger partial charge in [-0.15, -0.1) is 0 Å². The van der Waals surface area contributed by atoms with Crippen LogP contribution in [0.25, 0.3) is 5.76 Å². The second kappa shape index (κ2) is 10.1. The van der Waals surface area contributed by atoms with E-state index in [2.05, 4.69) is 13.8 Å². The molecule has 1 aliphatic rings. The number of likely N-dealkylation sites (tertiary alicyclic amines) is 1. The second-order valence-corrected chi connectivity index (χ2v) is 9.41. The van der Waals surface area contributed by atoms with Gasteiger partial charge in [-0.2, -0.15) is 0 Å². The van der Waals surface area contributed by atoms with Crippen LogP contribution in [-0.4, -0.2) is 53.8 Å². The summed E-state index contributed by atoms with van der Waals surface area (Å²) in [6, 6.07) is 11.8. The van der Waals surface area contributed by atoms with Crippen LogP contribution in [0.2, 0.25) is 10.0 Å². The minimum Gasteiger partial charge on any atom is -0.507 e. The van der Waals surface area contributed by atoms with Crippen molar-refractivity contribution in [3.63, 3.8) is 0 Å². The molecule has 1 aliphatic heterocycles. The molecule has 2 aromatic carbocycles. The average molecular weight is 475 g/mol. The van der Waals surface area contributed by atoms with Gasteiger partial charge < -0.3 is 14.9 Å². The van der Waals surface area contributed by atoms with Crippen LogP contribution < -0.4 is 0 Å². The molecule has 0 spiro atoms. The van der Waals surface area contributed by atoms with Crippen molar-refractivity contribution < 1.29 is 14.7 Å². The zero-order valence-electron chi connectivity index (χ0n) is 18.7. The Morgan fingerprint density at radius 2 is 1.72 bits per heavy atom. The van der Waals surface area contributed by atoms with Gasteiger partial charge in [-0.3, -0.25) is 9.59 Å². The normalized spacial score (nSPS) is 18.2. The molecule has 1 atom stereocenters. The standard InChI is InChI=1S/C25H28Cl2N2O3/c1-15(2)16-6-8-17(9-7-16)22-21(23(30)18-10-11-19(26)20(27)14-18)24(31)25(32)29(22)13-5-12-28(3)4/h6-11,14-15,22,30H,5,12-13H2,1-4H3/b23-21-. The van der Waals surface area contributed by atoms with Crippen LogP contribution in [0.15, 0.2) is 48.0 Å². The number of halogens is 2. The molecular formula is C25H28Cl2N2O3. The Morgan fingerprint density at radius 3 is 2.28 bits per heavy atom. The summed E-state index contributed by atoms with van der Waals surface area (Å²) < 4.78 is 0. The third-order valence-corrected chi connectivity index (χ3v) is 6.40. The monoisotopic (exact) mass is 474 g/mol. The van der Waals surface area contributed by atoms with Crippen molar-refractivity contribution in [1.29, 1.82) is 0 Å². The molecule has 0 aromatic heterocycles. The van der Waals surface area contributed by atoms with Crippen molar-refractivity contribution in [2.75, 3.05) is 27.2 Å². The van der Waals surface area contributed by atoms with Crippen LogP contribution in [0.3, 0.4) is 0 Å². The zero-order valence-corrected chi connectivity index (χ0v) is 20.2. The van der Waals surface area contributed by atoms with E-state index < -0.39 is 17.7 Å². The number of aliphatic hydroxyl groups is 1. The van der Waals surface area contributed by atoms with Crippen LogP contribution in [0.5, 0.6) is 0 Å². The Hall–Kier alpha value is -2.34. The molecule has 3 rings (SSSR count). The van der Waals surface area contributed by atoms with Crippen molar-refractivity contribution in [1.82, 2.24) is 9.80 Å². The quantitative estimate of drug-likeness (QED) is 0.327. The molecule has 0 aliphatic carbocycles. The van der Waals surface area contributed by atoms with Gasteiger partial charge in [0.25, 0.3) is 11.7 Å². The lowest BCUT2D eigenvalue weighted by atomic mass is 9.93. The lowest BCUT2D eigenvalue weighted by Crippen LogP contribution is -2.32. The topological polar surface area (TPSA) is 60.9 Å². The largest absolute Gasteiger partial charge is 0.507 e. The highest BCUT2D eigenvalue weighted by atomic mass is 35.5. The highest BCUT2D eigenvalue weighted by Gasteiger charge is 2.45. The molecule has 2 aromatic rings. The fourth-order valence-electron chi connectivity index (χ4n) is 3.88. The number of Topliss-reactive ketones (excluding diaryl/α,β-unsaturated/α-hetero) is 1. The Labute approximate surface area is 199 Å². The van der Waals surface area contributed by atoms with E-state index >= 15 is 0 Å². The summed E-state index contributed by atoms with van der Waals surface area (Å²) in [6.07, 6.45) is 0.702. The van der Waals surface area contributed by atoms with Crippen molar-refractivity contribution in [2.45, 2.75) is 32.2 Å². The number of aliphatic hydroxyl groups excluding tert-OH is 1.